The van der Waals surface area contributed by atoms with Crippen LogP contribution in [0.25, 0.3) is 0 Å². The highest BCUT2D eigenvalue weighted by molar-refractivity contribution is 5.70. The lowest BCUT2D eigenvalue weighted by Gasteiger charge is -2.57. The van der Waals surface area contributed by atoms with Crippen molar-refractivity contribution in [2.75, 3.05) is 6.54 Å². The number of nitrogens with one attached hydrogen (secondary N) is 1. The Bertz CT molecular complexity index is 248. The van der Waals surface area contributed by atoms with E-state index in [1.54, 1.807) is 5.01 Å². The van der Waals surface area contributed by atoms with Crippen LogP contribution in [0.4, 0.5) is 4.79 Å². The van der Waals surface area contributed by atoms with Gasteiger partial charge in [0.1, 0.15) is 5.60 Å². The minimum absolute atomic E-state index is 0.0995. The first-order valence-electron chi connectivity index (χ1n) is 5.20. The molecule has 2 fully saturated rings. The van der Waals surface area contributed by atoms with E-state index in [1.807, 2.05) is 20.8 Å². The van der Waals surface area contributed by atoms with Crippen LogP contribution in [-0.2, 0) is 4.74 Å². The van der Waals surface area contributed by atoms with E-state index in [4.69, 9.17) is 4.74 Å². The molecule has 4 nitrogen and oxygen atoms in total. The summed E-state index contributed by atoms with van der Waals surface area (Å²) in [5.41, 5.74) is 2.72. The topological polar surface area (TPSA) is 41.6 Å². The summed E-state index contributed by atoms with van der Waals surface area (Å²) < 4.78 is 5.30. The van der Waals surface area contributed by atoms with E-state index in [-0.39, 0.29) is 11.6 Å². The number of carbonyl (C=O) groups is 1. The Morgan fingerprint density at radius 1 is 1.43 bits per heavy atom. The molecule has 1 spiro atoms. The summed E-state index contributed by atoms with van der Waals surface area (Å²) in [5.74, 6) is 0. The number of carbonyl (C=O) groups excluding carboxylic acids is 1. The molecular weight excluding hydrogens is 180 g/mol. The van der Waals surface area contributed by atoms with E-state index >= 15 is 0 Å². The highest BCUT2D eigenvalue weighted by Gasteiger charge is 2.53. The Kier molecular flexibility index (Phi) is 2.00. The first-order valence-corrected chi connectivity index (χ1v) is 5.20. The van der Waals surface area contributed by atoms with Crippen LogP contribution >= 0.6 is 0 Å². The molecule has 1 N–H and O–H groups in total. The molecule has 0 atom stereocenters. The zero-order valence-corrected chi connectivity index (χ0v) is 9.09. The van der Waals surface area contributed by atoms with E-state index < -0.39 is 5.60 Å². The van der Waals surface area contributed by atoms with Gasteiger partial charge in [-0.2, -0.15) is 0 Å². The van der Waals surface area contributed by atoms with Gasteiger partial charge in [0.2, 0.25) is 0 Å². The second-order valence-electron chi connectivity index (χ2n) is 5.23. The first-order chi connectivity index (χ1) is 6.43. The van der Waals surface area contributed by atoms with E-state index in [0.717, 1.165) is 19.4 Å². The van der Waals surface area contributed by atoms with Gasteiger partial charge in [-0.25, -0.2) is 15.2 Å². The second kappa shape index (κ2) is 2.86. The van der Waals surface area contributed by atoms with Crippen LogP contribution in [0.5, 0.6) is 0 Å². The van der Waals surface area contributed by atoms with Gasteiger partial charge in [-0.1, -0.05) is 0 Å². The monoisotopic (exact) mass is 198 g/mol. The van der Waals surface area contributed by atoms with Crippen LogP contribution in [0.2, 0.25) is 0 Å². The van der Waals surface area contributed by atoms with E-state index in [9.17, 15) is 4.79 Å². The molecule has 1 aliphatic heterocycles. The van der Waals surface area contributed by atoms with Crippen molar-refractivity contribution in [3.05, 3.63) is 0 Å². The van der Waals surface area contributed by atoms with Crippen molar-refractivity contribution in [1.29, 1.82) is 0 Å². The Morgan fingerprint density at radius 2 is 2.07 bits per heavy atom. The van der Waals surface area contributed by atoms with Crippen molar-refractivity contribution in [3.63, 3.8) is 0 Å². The lowest BCUT2D eigenvalue weighted by atomic mass is 9.74. The van der Waals surface area contributed by atoms with Crippen LogP contribution in [0.1, 0.15) is 40.0 Å². The molecule has 1 saturated carbocycles. The van der Waals surface area contributed by atoms with Crippen molar-refractivity contribution in [3.8, 4) is 0 Å². The Labute approximate surface area is 84.6 Å². The third kappa shape index (κ3) is 1.47. The average Bonchev–Trinajstić information content (AvgIpc) is 1.73. The molecule has 2 aliphatic rings. The third-order valence-electron chi connectivity index (χ3n) is 2.90. The molecular formula is C10H18N2O2. The van der Waals surface area contributed by atoms with Crippen molar-refractivity contribution in [2.45, 2.75) is 51.2 Å². The summed E-state index contributed by atoms with van der Waals surface area (Å²) in [4.78, 5) is 11.7. The molecule has 1 aliphatic carbocycles. The third-order valence-corrected chi connectivity index (χ3v) is 2.90. The quantitative estimate of drug-likeness (QED) is 0.643. The van der Waals surface area contributed by atoms with Crippen molar-refractivity contribution >= 4 is 6.09 Å². The van der Waals surface area contributed by atoms with E-state index in [2.05, 4.69) is 5.43 Å². The molecule has 0 aromatic carbocycles. The summed E-state index contributed by atoms with van der Waals surface area (Å²) in [5, 5.41) is 1.67. The van der Waals surface area contributed by atoms with Crippen LogP contribution in [0.15, 0.2) is 0 Å². The minimum Gasteiger partial charge on any atom is -0.443 e. The number of hydrogen-bond acceptors (Lipinski definition) is 3. The van der Waals surface area contributed by atoms with Crippen LogP contribution in [-0.4, -0.2) is 28.8 Å². The standard InChI is InChI=1S/C10H18N2O2/c1-9(2,3)14-8(13)12-10(7-11-12)5-4-6-10/h11H,4-7H2,1-3H3. The molecule has 2 rings (SSSR count). The molecule has 0 aromatic rings. The summed E-state index contributed by atoms with van der Waals surface area (Å²) >= 11 is 0. The second-order valence-corrected chi connectivity index (χ2v) is 5.23. The predicted octanol–water partition coefficient (Wildman–Crippen LogP) is 1.66. The number of hydrazine groups is 1. The lowest BCUT2D eigenvalue weighted by Crippen LogP contribution is -2.76. The van der Waals surface area contributed by atoms with Gasteiger partial charge < -0.3 is 4.74 Å². The highest BCUT2D eigenvalue weighted by atomic mass is 16.6. The predicted molar refractivity (Wildman–Crippen MR) is 52.7 cm³/mol. The smallest absolute Gasteiger partial charge is 0.425 e. The van der Waals surface area contributed by atoms with Gasteiger partial charge in [0, 0.05) is 6.54 Å². The number of ether oxygens (including phenoxy) is 1. The maximum absolute atomic E-state index is 11.7. The zero-order chi connectivity index (χ0) is 10.4. The molecule has 1 amide bonds. The highest BCUT2D eigenvalue weighted by Crippen LogP contribution is 2.41. The fourth-order valence-electron chi connectivity index (χ4n) is 1.93. The van der Waals surface area contributed by atoms with Gasteiger partial charge in [0.25, 0.3) is 0 Å². The Morgan fingerprint density at radius 3 is 2.36 bits per heavy atom. The lowest BCUT2D eigenvalue weighted by molar-refractivity contribution is -0.111. The van der Waals surface area contributed by atoms with Gasteiger partial charge >= 0.3 is 6.09 Å². The van der Waals surface area contributed by atoms with Crippen molar-refractivity contribution in [2.24, 2.45) is 0 Å². The number of amides is 1. The zero-order valence-electron chi connectivity index (χ0n) is 9.09. The van der Waals surface area contributed by atoms with E-state index in [1.165, 1.54) is 6.42 Å². The molecule has 14 heavy (non-hydrogen) atoms. The van der Waals surface area contributed by atoms with E-state index in [0.29, 0.717) is 0 Å². The largest absolute Gasteiger partial charge is 0.443 e. The fourth-order valence-corrected chi connectivity index (χ4v) is 1.93. The summed E-state index contributed by atoms with van der Waals surface area (Å²) in [6, 6.07) is 0. The summed E-state index contributed by atoms with van der Waals surface area (Å²) in [6.07, 6.45) is 3.21. The van der Waals surface area contributed by atoms with Gasteiger partial charge in [-0.05, 0) is 40.0 Å². The fraction of sp³-hybridized carbons (Fsp3) is 0.900. The molecule has 0 aromatic heterocycles. The van der Waals surface area contributed by atoms with Crippen LogP contribution < -0.4 is 5.43 Å². The molecule has 1 heterocycles. The molecule has 1 saturated heterocycles. The molecule has 4 heteroatoms. The number of hydrogen-bond donors (Lipinski definition) is 1. The maximum atomic E-state index is 11.7. The Hall–Kier alpha value is -0.770. The molecule has 80 valence electrons. The van der Waals surface area contributed by atoms with Crippen LogP contribution in [0.3, 0.4) is 0 Å². The SMILES string of the molecule is CC(C)(C)OC(=O)N1NCC12CCC2. The van der Waals surface area contributed by atoms with Crippen molar-refractivity contribution in [1.82, 2.24) is 10.4 Å². The average molecular weight is 198 g/mol. The van der Waals surface area contributed by atoms with Gasteiger partial charge in [-0.3, -0.25) is 0 Å². The number of nitrogens with zero attached hydrogens (tertiary/aromatic N) is 1. The molecule has 0 unspecified atom stereocenters. The van der Waals surface area contributed by atoms with Gasteiger partial charge in [0.15, 0.2) is 0 Å². The normalized spacial score (nSPS) is 24.1. The maximum Gasteiger partial charge on any atom is 0.425 e. The van der Waals surface area contributed by atoms with Crippen LogP contribution in [0, 0.1) is 0 Å². The van der Waals surface area contributed by atoms with Crippen molar-refractivity contribution < 1.29 is 9.53 Å². The number of rotatable bonds is 0. The summed E-state index contributed by atoms with van der Waals surface area (Å²) in [6.45, 7) is 6.58. The summed E-state index contributed by atoms with van der Waals surface area (Å²) in [7, 11) is 0. The molecule has 0 radical (unpaired) electrons. The van der Waals surface area contributed by atoms with Gasteiger partial charge in [-0.15, -0.1) is 0 Å². The van der Waals surface area contributed by atoms with Gasteiger partial charge in [0.05, 0.1) is 5.54 Å². The molecule has 0 bridgehead atoms. The minimum atomic E-state index is -0.403. The first kappa shape index (κ1) is 9.77. The Balaban J connectivity index is 1.93.